The van der Waals surface area contributed by atoms with Crippen molar-refractivity contribution in [3.63, 3.8) is 0 Å². The van der Waals surface area contributed by atoms with Crippen LogP contribution in [-0.2, 0) is 6.54 Å². The quantitative estimate of drug-likeness (QED) is 0.834. The van der Waals surface area contributed by atoms with Gasteiger partial charge in [-0.3, -0.25) is 0 Å². The average Bonchev–Trinajstić information content (AvgIpc) is 2.34. The zero-order chi connectivity index (χ0) is 13.5. The molecule has 0 atom stereocenters. The van der Waals surface area contributed by atoms with Crippen LogP contribution in [-0.4, -0.2) is 36.6 Å². The zero-order valence-electron chi connectivity index (χ0n) is 11.5. The first-order chi connectivity index (χ1) is 8.54. The van der Waals surface area contributed by atoms with Gasteiger partial charge in [-0.1, -0.05) is 25.4 Å². The molecule has 0 saturated carbocycles. The third kappa shape index (κ3) is 5.04. The predicted molar refractivity (Wildman–Crippen MR) is 82.9 cm³/mol. The van der Waals surface area contributed by atoms with Crippen molar-refractivity contribution in [2.24, 2.45) is 0 Å². The summed E-state index contributed by atoms with van der Waals surface area (Å²) in [5, 5.41) is 4.10. The molecule has 0 aliphatic carbocycles. The smallest absolute Gasteiger partial charge is 0.128 e. The Labute approximate surface area is 119 Å². The number of thioether (sulfide) groups is 1. The lowest BCUT2D eigenvalue weighted by molar-refractivity contribution is 0.588. The van der Waals surface area contributed by atoms with E-state index in [9.17, 15) is 0 Å². The minimum atomic E-state index is 0.451. The van der Waals surface area contributed by atoms with Crippen LogP contribution in [0, 0.1) is 0 Å². The lowest BCUT2D eigenvalue weighted by Crippen LogP contribution is -2.24. The number of rotatable bonds is 7. The molecule has 0 aliphatic rings. The zero-order valence-corrected chi connectivity index (χ0v) is 13.1. The number of hydrogen-bond donors (Lipinski definition) is 1. The molecule has 3 nitrogen and oxygen atoms in total. The van der Waals surface area contributed by atoms with Crippen LogP contribution in [0.1, 0.15) is 19.4 Å². The second-order valence-electron chi connectivity index (χ2n) is 4.58. The van der Waals surface area contributed by atoms with Crippen LogP contribution in [0.4, 0.5) is 5.82 Å². The first-order valence-corrected chi connectivity index (χ1v) is 7.89. The Morgan fingerprint density at radius 1 is 1.50 bits per heavy atom. The van der Waals surface area contributed by atoms with Gasteiger partial charge in [0.05, 0.1) is 5.02 Å². The van der Waals surface area contributed by atoms with Crippen molar-refractivity contribution in [2.75, 3.05) is 30.5 Å². The third-order valence-electron chi connectivity index (χ3n) is 2.64. The molecule has 0 unspecified atom stereocenters. The van der Waals surface area contributed by atoms with Gasteiger partial charge in [-0.15, -0.1) is 0 Å². The molecule has 5 heteroatoms. The molecule has 1 aromatic heterocycles. The summed E-state index contributed by atoms with van der Waals surface area (Å²) < 4.78 is 0. The van der Waals surface area contributed by atoms with E-state index < -0.39 is 0 Å². The lowest BCUT2D eigenvalue weighted by atomic mass is 10.2. The lowest BCUT2D eigenvalue weighted by Gasteiger charge is -2.19. The molecular weight excluding hydrogens is 266 g/mol. The summed E-state index contributed by atoms with van der Waals surface area (Å²) in [6.45, 7) is 6.02. The third-order valence-corrected chi connectivity index (χ3v) is 3.57. The highest BCUT2D eigenvalue weighted by atomic mass is 35.5. The van der Waals surface area contributed by atoms with Crippen molar-refractivity contribution in [2.45, 2.75) is 26.4 Å². The Morgan fingerprint density at radius 2 is 2.22 bits per heavy atom. The molecule has 0 aliphatic heterocycles. The topological polar surface area (TPSA) is 28.2 Å². The first-order valence-electron chi connectivity index (χ1n) is 6.12. The van der Waals surface area contributed by atoms with Gasteiger partial charge in [-0.05, 0) is 17.9 Å². The fraction of sp³-hybridized carbons (Fsp3) is 0.615. The Balaban J connectivity index is 2.73. The molecule has 0 amide bonds. The maximum atomic E-state index is 6.16. The van der Waals surface area contributed by atoms with E-state index in [-0.39, 0.29) is 0 Å². The second-order valence-corrected chi connectivity index (χ2v) is 5.98. The van der Waals surface area contributed by atoms with Gasteiger partial charge in [0, 0.05) is 38.1 Å². The number of anilines is 1. The van der Waals surface area contributed by atoms with E-state index in [4.69, 9.17) is 11.6 Å². The Kier molecular flexibility index (Phi) is 6.82. The van der Waals surface area contributed by atoms with Gasteiger partial charge in [0.15, 0.2) is 0 Å². The Hall–Kier alpha value is -0.450. The first kappa shape index (κ1) is 15.6. The van der Waals surface area contributed by atoms with Crippen LogP contribution in [0.3, 0.4) is 0 Å². The Morgan fingerprint density at radius 3 is 2.83 bits per heavy atom. The molecule has 0 spiro atoms. The SMILES string of the molecule is CSCCN(C)c1cc(CNC(C)C)c(Cl)cn1. The highest BCUT2D eigenvalue weighted by Gasteiger charge is 2.07. The molecule has 1 heterocycles. The summed E-state index contributed by atoms with van der Waals surface area (Å²) >= 11 is 8.00. The summed E-state index contributed by atoms with van der Waals surface area (Å²) in [6.07, 6.45) is 3.85. The van der Waals surface area contributed by atoms with Gasteiger partial charge in [-0.25, -0.2) is 4.98 Å². The molecule has 0 saturated heterocycles. The highest BCUT2D eigenvalue weighted by molar-refractivity contribution is 7.98. The number of pyridine rings is 1. The molecule has 0 radical (unpaired) electrons. The molecule has 1 aromatic rings. The minimum Gasteiger partial charge on any atom is -0.359 e. The van der Waals surface area contributed by atoms with Crippen molar-refractivity contribution in [3.8, 4) is 0 Å². The molecule has 1 N–H and O–H groups in total. The van der Waals surface area contributed by atoms with Crippen molar-refractivity contribution < 1.29 is 0 Å². The fourth-order valence-corrected chi connectivity index (χ4v) is 2.10. The molecule has 18 heavy (non-hydrogen) atoms. The Bertz CT molecular complexity index is 371. The van der Waals surface area contributed by atoms with E-state index in [2.05, 4.69) is 48.4 Å². The predicted octanol–water partition coefficient (Wildman–Crippen LogP) is 3.03. The minimum absolute atomic E-state index is 0.451. The maximum Gasteiger partial charge on any atom is 0.128 e. The molecule has 0 fully saturated rings. The van der Waals surface area contributed by atoms with Gasteiger partial charge in [-0.2, -0.15) is 11.8 Å². The summed E-state index contributed by atoms with van der Waals surface area (Å²) in [7, 11) is 2.06. The monoisotopic (exact) mass is 287 g/mol. The fourth-order valence-electron chi connectivity index (χ4n) is 1.47. The normalized spacial score (nSPS) is 11.0. The van der Waals surface area contributed by atoms with Crippen molar-refractivity contribution in [1.29, 1.82) is 0 Å². The molecule has 1 rings (SSSR count). The van der Waals surface area contributed by atoms with E-state index in [1.807, 2.05) is 11.8 Å². The summed E-state index contributed by atoms with van der Waals surface area (Å²) in [5.41, 5.74) is 1.10. The number of halogens is 1. The molecular formula is C13H22ClN3S. The standard InChI is InChI=1S/C13H22ClN3S/c1-10(2)15-8-11-7-13(16-9-12(11)14)17(3)5-6-18-4/h7,9-10,15H,5-6,8H2,1-4H3. The molecule has 0 aromatic carbocycles. The molecule has 0 bridgehead atoms. The van der Waals surface area contributed by atoms with Gasteiger partial charge in [0.2, 0.25) is 0 Å². The maximum absolute atomic E-state index is 6.16. The summed E-state index contributed by atoms with van der Waals surface area (Å²) in [5.74, 6) is 2.08. The van der Waals surface area contributed by atoms with E-state index in [0.29, 0.717) is 6.04 Å². The van der Waals surface area contributed by atoms with Crippen LogP contribution in [0.5, 0.6) is 0 Å². The molecule has 102 valence electrons. The summed E-state index contributed by atoms with van der Waals surface area (Å²) in [6, 6.07) is 2.52. The average molecular weight is 288 g/mol. The van der Waals surface area contributed by atoms with Crippen LogP contribution in [0.2, 0.25) is 5.02 Å². The highest BCUT2D eigenvalue weighted by Crippen LogP contribution is 2.20. The van der Waals surface area contributed by atoms with Crippen LogP contribution >= 0.6 is 23.4 Å². The van der Waals surface area contributed by atoms with Crippen LogP contribution in [0.25, 0.3) is 0 Å². The van der Waals surface area contributed by atoms with Gasteiger partial charge >= 0.3 is 0 Å². The van der Waals surface area contributed by atoms with Crippen LogP contribution in [0.15, 0.2) is 12.3 Å². The van der Waals surface area contributed by atoms with Gasteiger partial charge in [0.25, 0.3) is 0 Å². The van der Waals surface area contributed by atoms with E-state index in [0.717, 1.165) is 35.2 Å². The number of hydrogen-bond acceptors (Lipinski definition) is 4. The van der Waals surface area contributed by atoms with Crippen molar-refractivity contribution in [1.82, 2.24) is 10.3 Å². The van der Waals surface area contributed by atoms with Gasteiger partial charge < -0.3 is 10.2 Å². The second kappa shape index (κ2) is 7.87. The van der Waals surface area contributed by atoms with E-state index >= 15 is 0 Å². The van der Waals surface area contributed by atoms with E-state index in [1.165, 1.54) is 0 Å². The van der Waals surface area contributed by atoms with Crippen molar-refractivity contribution >= 4 is 29.2 Å². The number of nitrogens with one attached hydrogen (secondary N) is 1. The largest absolute Gasteiger partial charge is 0.359 e. The number of nitrogens with zero attached hydrogens (tertiary/aromatic N) is 2. The van der Waals surface area contributed by atoms with E-state index in [1.54, 1.807) is 6.20 Å². The summed E-state index contributed by atoms with van der Waals surface area (Å²) in [4.78, 5) is 6.53. The van der Waals surface area contributed by atoms with Crippen molar-refractivity contribution in [3.05, 3.63) is 22.8 Å². The van der Waals surface area contributed by atoms with Gasteiger partial charge in [0.1, 0.15) is 5.82 Å². The van der Waals surface area contributed by atoms with Crippen LogP contribution < -0.4 is 10.2 Å². The number of aromatic nitrogens is 1.